The molecule has 0 bridgehead atoms. The van der Waals surface area contributed by atoms with Gasteiger partial charge in [-0.05, 0) is 5.92 Å². The van der Waals surface area contributed by atoms with Gasteiger partial charge in [0.25, 0.3) is 0 Å². The van der Waals surface area contributed by atoms with Crippen molar-refractivity contribution in [2.75, 3.05) is 0 Å². The molecule has 0 aliphatic carbocycles. The van der Waals surface area contributed by atoms with E-state index in [0.717, 1.165) is 12.6 Å². The molecular formula is C9H19B. The van der Waals surface area contributed by atoms with E-state index in [2.05, 4.69) is 27.6 Å². The SMILES string of the molecule is CB1CCC(C)CC1(C)C. The number of rotatable bonds is 0. The van der Waals surface area contributed by atoms with E-state index in [4.69, 9.17) is 0 Å². The van der Waals surface area contributed by atoms with Crippen molar-refractivity contribution in [3.05, 3.63) is 0 Å². The first-order valence-electron chi connectivity index (χ1n) is 4.52. The normalized spacial score (nSPS) is 32.4. The Bertz CT molecular complexity index is 118. The van der Waals surface area contributed by atoms with E-state index in [1.165, 1.54) is 19.2 Å². The van der Waals surface area contributed by atoms with E-state index in [1.807, 2.05) is 0 Å². The van der Waals surface area contributed by atoms with Gasteiger partial charge in [-0.15, -0.1) is 0 Å². The Hall–Kier alpha value is 0.0649. The molecule has 0 saturated carbocycles. The van der Waals surface area contributed by atoms with Crippen LogP contribution in [0.15, 0.2) is 0 Å². The molecule has 1 fully saturated rings. The molecule has 0 spiro atoms. The summed E-state index contributed by atoms with van der Waals surface area (Å²) in [7, 11) is 0. The minimum atomic E-state index is 0.609. The maximum Gasteiger partial charge on any atom is 0.142 e. The van der Waals surface area contributed by atoms with Crippen LogP contribution in [0.1, 0.15) is 33.6 Å². The van der Waals surface area contributed by atoms with E-state index < -0.39 is 0 Å². The van der Waals surface area contributed by atoms with E-state index in [1.54, 1.807) is 0 Å². The molecule has 1 saturated heterocycles. The molecule has 10 heavy (non-hydrogen) atoms. The summed E-state index contributed by atoms with van der Waals surface area (Å²) >= 11 is 0. The second kappa shape index (κ2) is 2.60. The predicted molar refractivity (Wildman–Crippen MR) is 48.9 cm³/mol. The van der Waals surface area contributed by atoms with Gasteiger partial charge < -0.3 is 0 Å². The molecule has 1 heterocycles. The Morgan fingerprint density at radius 2 is 2.00 bits per heavy atom. The third kappa shape index (κ3) is 1.56. The molecule has 0 N–H and O–H groups in total. The highest BCUT2D eigenvalue weighted by Crippen LogP contribution is 2.43. The van der Waals surface area contributed by atoms with Crippen molar-refractivity contribution in [1.29, 1.82) is 0 Å². The highest BCUT2D eigenvalue weighted by Gasteiger charge is 2.34. The minimum absolute atomic E-state index is 0.609. The second-order valence-electron chi connectivity index (χ2n) is 4.78. The third-order valence-corrected chi connectivity index (χ3v) is 3.30. The lowest BCUT2D eigenvalue weighted by molar-refractivity contribution is 0.406. The van der Waals surface area contributed by atoms with Gasteiger partial charge in [-0.1, -0.05) is 52.1 Å². The van der Waals surface area contributed by atoms with Crippen LogP contribution >= 0.6 is 0 Å². The summed E-state index contributed by atoms with van der Waals surface area (Å²) in [6.45, 7) is 10.5. The van der Waals surface area contributed by atoms with Crippen LogP contribution in [-0.4, -0.2) is 6.71 Å². The van der Waals surface area contributed by atoms with Crippen molar-refractivity contribution >= 4 is 6.71 Å². The Morgan fingerprint density at radius 3 is 2.40 bits per heavy atom. The molecule has 58 valence electrons. The lowest BCUT2D eigenvalue weighted by atomic mass is 9.30. The van der Waals surface area contributed by atoms with Gasteiger partial charge in [0.2, 0.25) is 0 Å². The monoisotopic (exact) mass is 138 g/mol. The fourth-order valence-electron chi connectivity index (χ4n) is 2.13. The van der Waals surface area contributed by atoms with Crippen LogP contribution in [0.5, 0.6) is 0 Å². The van der Waals surface area contributed by atoms with Gasteiger partial charge in [0.15, 0.2) is 0 Å². The van der Waals surface area contributed by atoms with Crippen molar-refractivity contribution in [1.82, 2.24) is 0 Å². The predicted octanol–water partition coefficient (Wildman–Crippen LogP) is 3.32. The van der Waals surface area contributed by atoms with Crippen LogP contribution in [0, 0.1) is 5.92 Å². The average molecular weight is 138 g/mol. The van der Waals surface area contributed by atoms with Crippen molar-refractivity contribution in [2.24, 2.45) is 5.92 Å². The minimum Gasteiger partial charge on any atom is -0.0857 e. The maximum atomic E-state index is 2.41. The highest BCUT2D eigenvalue weighted by molar-refractivity contribution is 6.60. The molecule has 0 aromatic heterocycles. The van der Waals surface area contributed by atoms with Crippen molar-refractivity contribution in [3.63, 3.8) is 0 Å². The molecule has 1 atom stereocenters. The van der Waals surface area contributed by atoms with Crippen LogP contribution in [0.4, 0.5) is 0 Å². The third-order valence-electron chi connectivity index (χ3n) is 3.30. The zero-order chi connectivity index (χ0) is 7.78. The zero-order valence-electron chi connectivity index (χ0n) is 7.78. The molecular weight excluding hydrogens is 119 g/mol. The maximum absolute atomic E-state index is 2.41. The Balaban J connectivity index is 2.55. The summed E-state index contributed by atoms with van der Waals surface area (Å²) < 4.78 is 0. The fourth-order valence-corrected chi connectivity index (χ4v) is 2.13. The standard InChI is InChI=1S/C9H19B/c1-8-5-6-10(4)9(2,3)7-8/h8H,5-7H2,1-4H3. The van der Waals surface area contributed by atoms with Gasteiger partial charge in [-0.2, -0.15) is 0 Å². The van der Waals surface area contributed by atoms with Crippen LogP contribution in [0.3, 0.4) is 0 Å². The zero-order valence-corrected chi connectivity index (χ0v) is 7.78. The van der Waals surface area contributed by atoms with E-state index in [0.29, 0.717) is 5.31 Å². The van der Waals surface area contributed by atoms with Gasteiger partial charge in [-0.3, -0.25) is 0 Å². The van der Waals surface area contributed by atoms with Gasteiger partial charge >= 0.3 is 0 Å². The topological polar surface area (TPSA) is 0 Å². The van der Waals surface area contributed by atoms with Gasteiger partial charge in [-0.25, -0.2) is 0 Å². The van der Waals surface area contributed by atoms with Crippen molar-refractivity contribution in [2.45, 2.75) is 52.1 Å². The number of hydrogen-bond donors (Lipinski definition) is 0. The summed E-state index contributed by atoms with van der Waals surface area (Å²) in [4.78, 5) is 0. The number of hydrogen-bond acceptors (Lipinski definition) is 0. The first-order chi connectivity index (χ1) is 4.52. The summed E-state index contributed by atoms with van der Waals surface area (Å²) in [5, 5.41) is 0.609. The summed E-state index contributed by atoms with van der Waals surface area (Å²) in [6.07, 6.45) is 4.31. The smallest absolute Gasteiger partial charge is 0.0857 e. The average Bonchev–Trinajstić information content (AvgIpc) is 1.78. The van der Waals surface area contributed by atoms with Crippen molar-refractivity contribution < 1.29 is 0 Å². The van der Waals surface area contributed by atoms with Crippen LogP contribution < -0.4 is 0 Å². The Labute approximate surface area is 65.5 Å². The van der Waals surface area contributed by atoms with E-state index in [-0.39, 0.29) is 0 Å². The van der Waals surface area contributed by atoms with Crippen LogP contribution in [0.2, 0.25) is 18.5 Å². The lowest BCUT2D eigenvalue weighted by Crippen LogP contribution is -2.31. The van der Waals surface area contributed by atoms with Crippen LogP contribution in [0.25, 0.3) is 0 Å². The first-order valence-corrected chi connectivity index (χ1v) is 4.52. The lowest BCUT2D eigenvalue weighted by Gasteiger charge is -2.37. The fraction of sp³-hybridized carbons (Fsp3) is 1.00. The molecule has 1 rings (SSSR count). The van der Waals surface area contributed by atoms with E-state index >= 15 is 0 Å². The van der Waals surface area contributed by atoms with Crippen molar-refractivity contribution in [3.8, 4) is 0 Å². The molecule has 1 aliphatic heterocycles. The Kier molecular flexibility index (Phi) is 2.12. The largest absolute Gasteiger partial charge is 0.142 e. The summed E-state index contributed by atoms with van der Waals surface area (Å²) in [5.74, 6) is 0.964. The molecule has 0 nitrogen and oxygen atoms in total. The molecule has 0 aromatic carbocycles. The molecule has 0 aromatic rings. The molecule has 1 heteroatoms. The second-order valence-corrected chi connectivity index (χ2v) is 4.78. The van der Waals surface area contributed by atoms with Crippen LogP contribution in [-0.2, 0) is 0 Å². The molecule has 0 radical (unpaired) electrons. The van der Waals surface area contributed by atoms with Gasteiger partial charge in [0.05, 0.1) is 0 Å². The highest BCUT2D eigenvalue weighted by atomic mass is 14.2. The van der Waals surface area contributed by atoms with Gasteiger partial charge in [0, 0.05) is 0 Å². The molecule has 1 unspecified atom stereocenters. The molecule has 0 amide bonds. The quantitative estimate of drug-likeness (QED) is 0.450. The van der Waals surface area contributed by atoms with Gasteiger partial charge in [0.1, 0.15) is 6.71 Å². The first kappa shape index (κ1) is 8.16. The summed E-state index contributed by atoms with van der Waals surface area (Å²) in [5.41, 5.74) is 0. The van der Waals surface area contributed by atoms with E-state index in [9.17, 15) is 0 Å². The summed E-state index contributed by atoms with van der Waals surface area (Å²) in [6, 6.07) is 0. The Morgan fingerprint density at radius 1 is 1.40 bits per heavy atom. The molecule has 1 aliphatic rings.